The van der Waals surface area contributed by atoms with Gasteiger partial charge < -0.3 is 9.15 Å². The van der Waals surface area contributed by atoms with Gasteiger partial charge in [0.25, 0.3) is 11.1 Å². The first-order chi connectivity index (χ1) is 11.9. The fourth-order valence-corrected chi connectivity index (χ4v) is 2.92. The molecule has 1 aliphatic rings. The van der Waals surface area contributed by atoms with Gasteiger partial charge in [-0.2, -0.15) is 0 Å². The Hall–Kier alpha value is -2.87. The standard InChI is InChI=1S/C17H14N2O5S/c1-9-15(18-10(2)24-9)13(20)8-23-12-5-3-11(4-6-12)7-14-16(21)19-17(22)25-14/h3-7H,8H2,1-2H3,(H,19,21,22)/b14-7+. The maximum atomic E-state index is 12.1. The molecular weight excluding hydrogens is 344 g/mol. The van der Waals surface area contributed by atoms with Gasteiger partial charge in [-0.15, -0.1) is 0 Å². The van der Waals surface area contributed by atoms with Crippen molar-refractivity contribution in [3.05, 3.63) is 52.1 Å². The highest BCUT2D eigenvalue weighted by atomic mass is 32.2. The average Bonchev–Trinajstić information content (AvgIpc) is 3.07. The van der Waals surface area contributed by atoms with Gasteiger partial charge in [0, 0.05) is 6.92 Å². The number of carbonyl (C=O) groups is 3. The lowest BCUT2D eigenvalue weighted by Gasteiger charge is -2.05. The monoisotopic (exact) mass is 358 g/mol. The van der Waals surface area contributed by atoms with Crippen LogP contribution >= 0.6 is 11.8 Å². The number of ketones is 1. The van der Waals surface area contributed by atoms with Gasteiger partial charge in [-0.3, -0.25) is 19.7 Å². The Morgan fingerprint density at radius 1 is 1.28 bits per heavy atom. The van der Waals surface area contributed by atoms with Crippen molar-refractivity contribution in [2.45, 2.75) is 13.8 Å². The lowest BCUT2D eigenvalue weighted by molar-refractivity contribution is -0.115. The molecule has 1 aliphatic heterocycles. The fourth-order valence-electron chi connectivity index (χ4n) is 2.24. The first-order valence-corrected chi connectivity index (χ1v) is 8.19. The van der Waals surface area contributed by atoms with Crippen molar-refractivity contribution in [3.63, 3.8) is 0 Å². The van der Waals surface area contributed by atoms with E-state index in [1.54, 1.807) is 44.2 Å². The molecule has 1 saturated heterocycles. The van der Waals surface area contributed by atoms with Crippen LogP contribution in [0.3, 0.4) is 0 Å². The second-order valence-corrected chi connectivity index (χ2v) is 6.29. The quantitative estimate of drug-likeness (QED) is 0.648. The molecule has 1 N–H and O–H groups in total. The molecule has 1 aromatic heterocycles. The average molecular weight is 358 g/mol. The van der Waals surface area contributed by atoms with Crippen LogP contribution in [0.2, 0.25) is 0 Å². The van der Waals surface area contributed by atoms with Crippen LogP contribution in [0.4, 0.5) is 4.79 Å². The Labute approximate surface area is 147 Å². The minimum absolute atomic E-state index is 0.153. The molecule has 8 heteroatoms. The molecule has 3 rings (SSSR count). The summed E-state index contributed by atoms with van der Waals surface area (Å²) < 4.78 is 10.7. The Bertz CT molecular complexity index is 883. The number of nitrogens with zero attached hydrogens (tertiary/aromatic N) is 1. The zero-order valence-electron chi connectivity index (χ0n) is 13.5. The van der Waals surface area contributed by atoms with Crippen LogP contribution in [0.25, 0.3) is 6.08 Å². The number of hydrogen-bond acceptors (Lipinski definition) is 7. The SMILES string of the molecule is Cc1nc(C(=O)COc2ccc(/C=C3/SC(=O)NC3=O)cc2)c(C)o1. The lowest BCUT2D eigenvalue weighted by Crippen LogP contribution is -2.17. The van der Waals surface area contributed by atoms with Crippen LogP contribution in [-0.4, -0.2) is 28.5 Å². The van der Waals surface area contributed by atoms with E-state index >= 15 is 0 Å². The number of nitrogens with one attached hydrogen (secondary N) is 1. The van der Waals surface area contributed by atoms with Crippen LogP contribution in [0.15, 0.2) is 33.6 Å². The predicted octanol–water partition coefficient (Wildman–Crippen LogP) is 2.88. The number of benzene rings is 1. The molecule has 128 valence electrons. The lowest BCUT2D eigenvalue weighted by atomic mass is 10.2. The summed E-state index contributed by atoms with van der Waals surface area (Å²) in [6.45, 7) is 3.20. The molecule has 2 heterocycles. The Kier molecular flexibility index (Phi) is 4.71. The third-order valence-corrected chi connectivity index (χ3v) is 4.17. The number of hydrogen-bond donors (Lipinski definition) is 1. The van der Waals surface area contributed by atoms with E-state index in [9.17, 15) is 14.4 Å². The number of aromatic nitrogens is 1. The molecule has 0 spiro atoms. The van der Waals surface area contributed by atoms with Gasteiger partial charge in [-0.1, -0.05) is 12.1 Å². The number of amides is 2. The number of rotatable bonds is 5. The summed E-state index contributed by atoms with van der Waals surface area (Å²) in [4.78, 5) is 39.1. The van der Waals surface area contributed by atoms with Gasteiger partial charge in [0.2, 0.25) is 5.78 Å². The van der Waals surface area contributed by atoms with E-state index in [1.807, 2.05) is 0 Å². The molecule has 1 aromatic carbocycles. The molecule has 2 aromatic rings. The van der Waals surface area contributed by atoms with Crippen LogP contribution in [0.5, 0.6) is 5.75 Å². The molecule has 2 amide bonds. The molecule has 0 atom stereocenters. The zero-order chi connectivity index (χ0) is 18.0. The van der Waals surface area contributed by atoms with Crippen molar-refractivity contribution in [2.75, 3.05) is 6.61 Å². The minimum atomic E-state index is -0.404. The topological polar surface area (TPSA) is 98.5 Å². The van der Waals surface area contributed by atoms with E-state index in [4.69, 9.17) is 9.15 Å². The van der Waals surface area contributed by atoms with Gasteiger partial charge in [-0.05, 0) is 42.5 Å². The summed E-state index contributed by atoms with van der Waals surface area (Å²) in [7, 11) is 0. The molecule has 1 fully saturated rings. The van der Waals surface area contributed by atoms with E-state index in [1.165, 1.54) is 0 Å². The largest absolute Gasteiger partial charge is 0.485 e. The Balaban J connectivity index is 1.62. The number of imide groups is 1. The number of aryl methyl sites for hydroxylation is 2. The molecule has 25 heavy (non-hydrogen) atoms. The first kappa shape index (κ1) is 17.0. The third kappa shape index (κ3) is 3.97. The third-order valence-electron chi connectivity index (χ3n) is 3.36. The van der Waals surface area contributed by atoms with Gasteiger partial charge in [0.05, 0.1) is 4.91 Å². The highest BCUT2D eigenvalue weighted by Gasteiger charge is 2.24. The molecule has 0 saturated carbocycles. The molecular formula is C17H14N2O5S. The van der Waals surface area contributed by atoms with Crippen LogP contribution in [0, 0.1) is 13.8 Å². The van der Waals surface area contributed by atoms with E-state index in [2.05, 4.69) is 10.3 Å². The van der Waals surface area contributed by atoms with E-state index in [0.29, 0.717) is 22.3 Å². The van der Waals surface area contributed by atoms with E-state index in [0.717, 1.165) is 17.3 Å². The first-order valence-electron chi connectivity index (χ1n) is 7.37. The van der Waals surface area contributed by atoms with Crippen molar-refractivity contribution in [2.24, 2.45) is 0 Å². The second-order valence-electron chi connectivity index (χ2n) is 5.27. The molecule has 0 radical (unpaired) electrons. The summed E-state index contributed by atoms with van der Waals surface area (Å²) in [6, 6.07) is 6.82. The summed E-state index contributed by atoms with van der Waals surface area (Å²) in [6.07, 6.45) is 1.61. The summed E-state index contributed by atoms with van der Waals surface area (Å²) in [5.74, 6) is 0.741. The van der Waals surface area contributed by atoms with Crippen molar-refractivity contribution < 1.29 is 23.5 Å². The number of thioether (sulfide) groups is 1. The van der Waals surface area contributed by atoms with Gasteiger partial charge >= 0.3 is 0 Å². The summed E-state index contributed by atoms with van der Waals surface area (Å²) in [5.41, 5.74) is 1.02. The minimum Gasteiger partial charge on any atom is -0.485 e. The zero-order valence-corrected chi connectivity index (χ0v) is 14.3. The smallest absolute Gasteiger partial charge is 0.290 e. The predicted molar refractivity (Wildman–Crippen MR) is 91.4 cm³/mol. The maximum Gasteiger partial charge on any atom is 0.290 e. The highest BCUT2D eigenvalue weighted by Crippen LogP contribution is 2.26. The van der Waals surface area contributed by atoms with Gasteiger partial charge in [-0.25, -0.2) is 4.98 Å². The Morgan fingerprint density at radius 3 is 2.56 bits per heavy atom. The summed E-state index contributed by atoms with van der Waals surface area (Å²) in [5, 5.41) is 1.81. The van der Waals surface area contributed by atoms with Crippen molar-refractivity contribution in [3.8, 4) is 5.75 Å². The maximum absolute atomic E-state index is 12.1. The Morgan fingerprint density at radius 2 is 2.00 bits per heavy atom. The fraction of sp³-hybridized carbons (Fsp3) is 0.176. The van der Waals surface area contributed by atoms with Crippen LogP contribution in [0.1, 0.15) is 27.7 Å². The summed E-state index contributed by atoms with van der Waals surface area (Å²) >= 11 is 0.858. The van der Waals surface area contributed by atoms with E-state index < -0.39 is 5.91 Å². The number of Topliss-reactive ketones (excluding diaryl/α,β-unsaturated/α-hetero) is 1. The molecule has 0 aliphatic carbocycles. The van der Waals surface area contributed by atoms with Gasteiger partial charge in [0.1, 0.15) is 11.5 Å². The highest BCUT2D eigenvalue weighted by molar-refractivity contribution is 8.18. The van der Waals surface area contributed by atoms with Crippen molar-refractivity contribution >= 4 is 34.8 Å². The molecule has 0 unspecified atom stereocenters. The van der Waals surface area contributed by atoms with Crippen molar-refractivity contribution in [1.82, 2.24) is 10.3 Å². The molecule has 0 bridgehead atoms. The molecule has 7 nitrogen and oxygen atoms in total. The number of oxazole rings is 1. The van der Waals surface area contributed by atoms with Crippen LogP contribution < -0.4 is 10.1 Å². The second kappa shape index (κ2) is 6.94. The number of carbonyl (C=O) groups excluding carboxylic acids is 3. The van der Waals surface area contributed by atoms with Crippen LogP contribution in [-0.2, 0) is 4.79 Å². The van der Waals surface area contributed by atoms with E-state index in [-0.39, 0.29) is 23.3 Å². The van der Waals surface area contributed by atoms with Gasteiger partial charge in [0.15, 0.2) is 18.2 Å². The normalized spacial score (nSPS) is 15.5. The number of ether oxygens (including phenoxy) is 1. The van der Waals surface area contributed by atoms with Crippen molar-refractivity contribution in [1.29, 1.82) is 0 Å².